The largest absolute Gasteiger partial charge is 0.382 e. The van der Waals surface area contributed by atoms with Crippen LogP contribution in [-0.4, -0.2) is 44.8 Å². The Morgan fingerprint density at radius 2 is 1.90 bits per heavy atom. The van der Waals surface area contributed by atoms with Crippen LogP contribution in [0.5, 0.6) is 0 Å². The third-order valence-electron chi connectivity index (χ3n) is 5.39. The first-order chi connectivity index (χ1) is 13.8. The topological polar surface area (TPSA) is 133 Å². The van der Waals surface area contributed by atoms with Gasteiger partial charge in [0.1, 0.15) is 5.52 Å². The Balaban J connectivity index is 1.62. The van der Waals surface area contributed by atoms with Gasteiger partial charge in [-0.25, -0.2) is 13.4 Å². The maximum atomic E-state index is 13.3. The SMILES string of the molecule is CC(C)c1ccc(S(=O)(=O)N2CCC[C@H]2Cn2cnc3c(N)nc(N)nc32)cc1. The van der Waals surface area contributed by atoms with Gasteiger partial charge in [-0.1, -0.05) is 26.0 Å². The molecule has 1 fully saturated rings. The number of benzene rings is 1. The fourth-order valence-electron chi connectivity index (χ4n) is 3.81. The fraction of sp³-hybridized carbons (Fsp3) is 0.421. The van der Waals surface area contributed by atoms with E-state index in [1.165, 1.54) is 0 Å². The highest BCUT2D eigenvalue weighted by atomic mass is 32.2. The molecule has 3 aromatic rings. The van der Waals surface area contributed by atoms with Crippen LogP contribution in [0.4, 0.5) is 11.8 Å². The van der Waals surface area contributed by atoms with Gasteiger partial charge in [0, 0.05) is 19.1 Å². The molecule has 1 aliphatic rings. The third-order valence-corrected chi connectivity index (χ3v) is 7.36. The van der Waals surface area contributed by atoms with Crippen molar-refractivity contribution in [3.63, 3.8) is 0 Å². The average molecular weight is 416 g/mol. The molecule has 0 spiro atoms. The number of nitrogens with zero attached hydrogens (tertiary/aromatic N) is 5. The molecular weight excluding hydrogens is 390 g/mol. The monoisotopic (exact) mass is 415 g/mol. The fourth-order valence-corrected chi connectivity index (χ4v) is 5.50. The van der Waals surface area contributed by atoms with E-state index in [2.05, 4.69) is 28.8 Å². The highest BCUT2D eigenvalue weighted by Gasteiger charge is 2.35. The molecule has 0 unspecified atom stereocenters. The van der Waals surface area contributed by atoms with Gasteiger partial charge in [-0.05, 0) is 36.5 Å². The zero-order valence-corrected chi connectivity index (χ0v) is 17.3. The van der Waals surface area contributed by atoms with Gasteiger partial charge in [-0.3, -0.25) is 0 Å². The van der Waals surface area contributed by atoms with E-state index in [1.54, 1.807) is 27.3 Å². The van der Waals surface area contributed by atoms with Crippen molar-refractivity contribution in [1.82, 2.24) is 23.8 Å². The van der Waals surface area contributed by atoms with Gasteiger partial charge >= 0.3 is 0 Å². The molecule has 29 heavy (non-hydrogen) atoms. The van der Waals surface area contributed by atoms with Gasteiger partial charge < -0.3 is 16.0 Å². The van der Waals surface area contributed by atoms with E-state index < -0.39 is 10.0 Å². The second kappa shape index (κ2) is 7.27. The second-order valence-electron chi connectivity index (χ2n) is 7.67. The van der Waals surface area contributed by atoms with Crippen LogP contribution < -0.4 is 11.5 Å². The lowest BCUT2D eigenvalue weighted by Gasteiger charge is -2.24. The molecule has 4 N–H and O–H groups in total. The maximum absolute atomic E-state index is 13.3. The van der Waals surface area contributed by atoms with Crippen molar-refractivity contribution in [1.29, 1.82) is 0 Å². The number of hydrogen-bond acceptors (Lipinski definition) is 7. The predicted molar refractivity (Wildman–Crippen MR) is 112 cm³/mol. The molecule has 1 aromatic carbocycles. The minimum absolute atomic E-state index is 0.0675. The van der Waals surface area contributed by atoms with Gasteiger partial charge in [-0.2, -0.15) is 14.3 Å². The van der Waals surface area contributed by atoms with E-state index in [1.807, 2.05) is 12.1 Å². The Bertz CT molecular complexity index is 1140. The first kappa shape index (κ1) is 19.6. The molecule has 1 atom stereocenters. The summed E-state index contributed by atoms with van der Waals surface area (Å²) in [6.07, 6.45) is 3.18. The Morgan fingerprint density at radius 1 is 1.17 bits per heavy atom. The van der Waals surface area contributed by atoms with Crippen LogP contribution >= 0.6 is 0 Å². The quantitative estimate of drug-likeness (QED) is 0.651. The summed E-state index contributed by atoms with van der Waals surface area (Å²) in [6.45, 7) is 5.08. The lowest BCUT2D eigenvalue weighted by atomic mass is 10.0. The number of anilines is 2. The number of nitrogen functional groups attached to an aromatic ring is 2. The molecule has 154 valence electrons. The van der Waals surface area contributed by atoms with E-state index in [0.717, 1.165) is 18.4 Å². The van der Waals surface area contributed by atoms with Gasteiger partial charge in [0.2, 0.25) is 16.0 Å². The lowest BCUT2D eigenvalue weighted by molar-refractivity contribution is 0.354. The summed E-state index contributed by atoms with van der Waals surface area (Å²) in [5.41, 5.74) is 13.7. The number of nitrogens with two attached hydrogens (primary N) is 2. The van der Waals surface area contributed by atoms with Crippen molar-refractivity contribution in [3.8, 4) is 0 Å². The molecule has 0 bridgehead atoms. The van der Waals surface area contributed by atoms with E-state index in [-0.39, 0.29) is 17.8 Å². The van der Waals surface area contributed by atoms with Crippen LogP contribution in [0, 0.1) is 0 Å². The Labute approximate surface area is 169 Å². The third kappa shape index (κ3) is 3.53. The minimum Gasteiger partial charge on any atom is -0.382 e. The first-order valence-corrected chi connectivity index (χ1v) is 11.1. The smallest absolute Gasteiger partial charge is 0.243 e. The Hall–Kier alpha value is -2.72. The highest BCUT2D eigenvalue weighted by molar-refractivity contribution is 7.89. The van der Waals surface area contributed by atoms with Crippen LogP contribution in [0.15, 0.2) is 35.5 Å². The summed E-state index contributed by atoms with van der Waals surface area (Å²) in [6, 6.07) is 6.96. The van der Waals surface area contributed by atoms with Crippen molar-refractivity contribution >= 4 is 33.0 Å². The van der Waals surface area contributed by atoms with Crippen LogP contribution in [0.25, 0.3) is 11.2 Å². The summed E-state index contributed by atoms with van der Waals surface area (Å²) in [7, 11) is -3.59. The average Bonchev–Trinajstić information content (AvgIpc) is 3.30. The molecule has 2 aromatic heterocycles. The highest BCUT2D eigenvalue weighted by Crippen LogP contribution is 2.29. The number of imidazole rings is 1. The van der Waals surface area contributed by atoms with Gasteiger partial charge in [0.25, 0.3) is 0 Å². The molecule has 4 rings (SSSR count). The van der Waals surface area contributed by atoms with Gasteiger partial charge in [0.05, 0.1) is 11.2 Å². The molecular formula is C19H25N7O2S. The molecule has 1 saturated heterocycles. The molecule has 3 heterocycles. The maximum Gasteiger partial charge on any atom is 0.243 e. The minimum atomic E-state index is -3.59. The van der Waals surface area contributed by atoms with Gasteiger partial charge in [-0.15, -0.1) is 0 Å². The van der Waals surface area contributed by atoms with Crippen LogP contribution in [0.3, 0.4) is 0 Å². The number of rotatable bonds is 5. The van der Waals surface area contributed by atoms with Crippen LogP contribution in [-0.2, 0) is 16.6 Å². The number of fused-ring (bicyclic) bond motifs is 1. The van der Waals surface area contributed by atoms with E-state index >= 15 is 0 Å². The molecule has 0 amide bonds. The standard InChI is InChI=1S/C19H25N7O2S/c1-12(2)13-5-7-15(8-6-13)29(27,28)26-9-3-4-14(26)10-25-11-22-16-17(20)23-19(21)24-18(16)25/h5-8,11-12,14H,3-4,9-10H2,1-2H3,(H4,20,21,23,24)/t14-/m0/s1. The van der Waals surface area contributed by atoms with Crippen molar-refractivity contribution in [2.75, 3.05) is 18.0 Å². The number of aromatic nitrogens is 4. The summed E-state index contributed by atoms with van der Waals surface area (Å²) < 4.78 is 29.9. The molecule has 0 aliphatic carbocycles. The molecule has 0 saturated carbocycles. The molecule has 0 radical (unpaired) electrons. The first-order valence-electron chi connectivity index (χ1n) is 9.63. The van der Waals surface area contributed by atoms with E-state index in [9.17, 15) is 8.42 Å². The van der Waals surface area contributed by atoms with Crippen LogP contribution in [0.1, 0.15) is 38.2 Å². The van der Waals surface area contributed by atoms with Crippen molar-refractivity contribution in [3.05, 3.63) is 36.2 Å². The Morgan fingerprint density at radius 3 is 2.59 bits per heavy atom. The second-order valence-corrected chi connectivity index (χ2v) is 9.56. The van der Waals surface area contributed by atoms with Crippen LogP contribution in [0.2, 0.25) is 0 Å². The predicted octanol–water partition coefficient (Wildman–Crippen LogP) is 1.97. The van der Waals surface area contributed by atoms with Gasteiger partial charge in [0.15, 0.2) is 11.5 Å². The van der Waals surface area contributed by atoms with Crippen molar-refractivity contribution in [2.45, 2.75) is 50.1 Å². The number of sulfonamides is 1. The normalized spacial score (nSPS) is 18.1. The van der Waals surface area contributed by atoms with E-state index in [0.29, 0.717) is 35.1 Å². The number of hydrogen-bond donors (Lipinski definition) is 2. The molecule has 10 heteroatoms. The zero-order chi connectivity index (χ0) is 20.8. The zero-order valence-electron chi connectivity index (χ0n) is 16.5. The lowest BCUT2D eigenvalue weighted by Crippen LogP contribution is -2.38. The summed E-state index contributed by atoms with van der Waals surface area (Å²) in [5.74, 6) is 0.632. The summed E-state index contributed by atoms with van der Waals surface area (Å²) >= 11 is 0. The molecule has 9 nitrogen and oxygen atoms in total. The van der Waals surface area contributed by atoms with Crippen molar-refractivity contribution in [2.24, 2.45) is 0 Å². The molecule has 1 aliphatic heterocycles. The summed E-state index contributed by atoms with van der Waals surface area (Å²) in [5, 5.41) is 0. The Kier molecular flexibility index (Phi) is 4.91. The van der Waals surface area contributed by atoms with Crippen molar-refractivity contribution < 1.29 is 8.42 Å². The van der Waals surface area contributed by atoms with E-state index in [4.69, 9.17) is 11.5 Å². The summed E-state index contributed by atoms with van der Waals surface area (Å²) in [4.78, 5) is 12.7.